The summed E-state index contributed by atoms with van der Waals surface area (Å²) in [6.07, 6.45) is 10.8. The summed E-state index contributed by atoms with van der Waals surface area (Å²) < 4.78 is 0. The lowest BCUT2D eigenvalue weighted by molar-refractivity contribution is 0.0767. The van der Waals surface area contributed by atoms with E-state index in [0.29, 0.717) is 0 Å². The summed E-state index contributed by atoms with van der Waals surface area (Å²) >= 11 is 0. The summed E-state index contributed by atoms with van der Waals surface area (Å²) in [5.41, 5.74) is 0. The van der Waals surface area contributed by atoms with Gasteiger partial charge in [0.2, 0.25) is 0 Å². The average molecular weight is 268 g/mol. The lowest BCUT2D eigenvalue weighted by Gasteiger charge is -2.43. The Morgan fingerprint density at radius 2 is 1.89 bits per heavy atom. The zero-order chi connectivity index (χ0) is 14.1. The van der Waals surface area contributed by atoms with E-state index >= 15 is 0 Å². The van der Waals surface area contributed by atoms with E-state index in [1.54, 1.807) is 0 Å². The molecule has 0 radical (unpaired) electrons. The zero-order valence-corrected chi connectivity index (χ0v) is 13.8. The molecule has 0 amide bonds. The molecule has 1 N–H and O–H groups in total. The van der Waals surface area contributed by atoms with Crippen LogP contribution in [-0.2, 0) is 0 Å². The first-order valence-corrected chi connectivity index (χ1v) is 8.71. The fourth-order valence-electron chi connectivity index (χ4n) is 3.52. The largest absolute Gasteiger partial charge is 0.314 e. The molecule has 1 saturated heterocycles. The molecule has 3 unspecified atom stereocenters. The summed E-state index contributed by atoms with van der Waals surface area (Å²) in [5, 5.41) is 3.71. The van der Waals surface area contributed by atoms with Crippen LogP contribution in [0, 0.1) is 0 Å². The second kappa shape index (κ2) is 9.77. The first kappa shape index (κ1) is 17.0. The molecule has 2 nitrogen and oxygen atoms in total. The third kappa shape index (κ3) is 5.83. The van der Waals surface area contributed by atoms with Crippen LogP contribution in [0.5, 0.6) is 0 Å². The zero-order valence-electron chi connectivity index (χ0n) is 13.8. The standard InChI is InChI=1S/C17H36N2/c1-5-8-10-17(9-6-2)19-13-11-16(14-15(19)4)18-12-7-3/h15-18H,5-14H2,1-4H3. The topological polar surface area (TPSA) is 15.3 Å². The minimum atomic E-state index is 0.761. The van der Waals surface area contributed by atoms with E-state index < -0.39 is 0 Å². The quantitative estimate of drug-likeness (QED) is 0.674. The number of nitrogens with one attached hydrogen (secondary N) is 1. The van der Waals surface area contributed by atoms with Crippen LogP contribution in [-0.4, -0.2) is 36.1 Å². The Morgan fingerprint density at radius 3 is 2.47 bits per heavy atom. The molecule has 0 aromatic heterocycles. The molecule has 0 aromatic carbocycles. The Morgan fingerprint density at radius 1 is 1.11 bits per heavy atom. The molecule has 0 aliphatic carbocycles. The molecule has 114 valence electrons. The lowest BCUT2D eigenvalue weighted by atomic mass is 9.93. The summed E-state index contributed by atoms with van der Waals surface area (Å²) in [7, 11) is 0. The van der Waals surface area contributed by atoms with Crippen LogP contribution in [0.25, 0.3) is 0 Å². The number of unbranched alkanes of at least 4 members (excludes halogenated alkanes) is 1. The Labute approximate surface area is 121 Å². The fraction of sp³-hybridized carbons (Fsp3) is 1.00. The highest BCUT2D eigenvalue weighted by Gasteiger charge is 2.29. The van der Waals surface area contributed by atoms with Gasteiger partial charge in [-0.1, -0.05) is 40.0 Å². The van der Waals surface area contributed by atoms with Crippen molar-refractivity contribution in [3.63, 3.8) is 0 Å². The number of hydrogen-bond acceptors (Lipinski definition) is 2. The van der Waals surface area contributed by atoms with E-state index in [4.69, 9.17) is 0 Å². The molecule has 0 bridgehead atoms. The number of likely N-dealkylation sites (tertiary alicyclic amines) is 1. The highest BCUT2D eigenvalue weighted by molar-refractivity contribution is 4.86. The number of piperidine rings is 1. The van der Waals surface area contributed by atoms with Crippen LogP contribution in [0.4, 0.5) is 0 Å². The van der Waals surface area contributed by atoms with Crippen molar-refractivity contribution >= 4 is 0 Å². The third-order valence-corrected chi connectivity index (χ3v) is 4.59. The smallest absolute Gasteiger partial charge is 0.00979 e. The van der Waals surface area contributed by atoms with Gasteiger partial charge in [-0.15, -0.1) is 0 Å². The molecule has 1 heterocycles. The molecule has 1 rings (SSSR count). The van der Waals surface area contributed by atoms with Gasteiger partial charge in [0.1, 0.15) is 0 Å². The predicted octanol–water partition coefficient (Wildman–Crippen LogP) is 4.20. The van der Waals surface area contributed by atoms with E-state index in [9.17, 15) is 0 Å². The van der Waals surface area contributed by atoms with E-state index in [1.165, 1.54) is 64.5 Å². The van der Waals surface area contributed by atoms with Gasteiger partial charge in [-0.2, -0.15) is 0 Å². The van der Waals surface area contributed by atoms with Gasteiger partial charge in [-0.25, -0.2) is 0 Å². The highest BCUT2D eigenvalue weighted by atomic mass is 15.2. The van der Waals surface area contributed by atoms with Crippen LogP contribution < -0.4 is 5.32 Å². The molecular formula is C17H36N2. The maximum Gasteiger partial charge on any atom is 0.00979 e. The van der Waals surface area contributed by atoms with Crippen molar-refractivity contribution in [2.75, 3.05) is 13.1 Å². The molecule has 19 heavy (non-hydrogen) atoms. The fourth-order valence-corrected chi connectivity index (χ4v) is 3.52. The normalized spacial score (nSPS) is 26.5. The van der Waals surface area contributed by atoms with Crippen LogP contribution in [0.15, 0.2) is 0 Å². The van der Waals surface area contributed by atoms with Crippen molar-refractivity contribution in [2.45, 2.75) is 97.2 Å². The maximum atomic E-state index is 3.71. The Kier molecular flexibility index (Phi) is 8.72. The van der Waals surface area contributed by atoms with Crippen LogP contribution >= 0.6 is 0 Å². The number of hydrogen-bond donors (Lipinski definition) is 1. The van der Waals surface area contributed by atoms with E-state index in [2.05, 4.69) is 37.9 Å². The van der Waals surface area contributed by atoms with Crippen LogP contribution in [0.3, 0.4) is 0 Å². The van der Waals surface area contributed by atoms with Gasteiger partial charge >= 0.3 is 0 Å². The van der Waals surface area contributed by atoms with Crippen molar-refractivity contribution < 1.29 is 0 Å². The molecule has 1 aliphatic rings. The first-order valence-electron chi connectivity index (χ1n) is 8.71. The minimum absolute atomic E-state index is 0.761. The van der Waals surface area contributed by atoms with Crippen molar-refractivity contribution in [2.24, 2.45) is 0 Å². The Hall–Kier alpha value is -0.0800. The summed E-state index contributed by atoms with van der Waals surface area (Å²) in [6.45, 7) is 11.8. The van der Waals surface area contributed by atoms with Gasteiger partial charge in [0, 0.05) is 24.7 Å². The highest BCUT2D eigenvalue weighted by Crippen LogP contribution is 2.24. The van der Waals surface area contributed by atoms with Crippen molar-refractivity contribution in [3.05, 3.63) is 0 Å². The van der Waals surface area contributed by atoms with Gasteiger partial charge < -0.3 is 5.32 Å². The third-order valence-electron chi connectivity index (χ3n) is 4.59. The van der Waals surface area contributed by atoms with E-state index in [0.717, 1.165) is 18.1 Å². The first-order chi connectivity index (χ1) is 9.22. The summed E-state index contributed by atoms with van der Waals surface area (Å²) in [5.74, 6) is 0. The molecule has 1 aliphatic heterocycles. The van der Waals surface area contributed by atoms with Crippen LogP contribution in [0.1, 0.15) is 79.1 Å². The van der Waals surface area contributed by atoms with Gasteiger partial charge in [-0.05, 0) is 45.6 Å². The molecule has 2 heteroatoms. The SMILES string of the molecule is CCCCC(CCC)N1CCC(NCCC)CC1C. The second-order valence-corrected chi connectivity index (χ2v) is 6.35. The lowest BCUT2D eigenvalue weighted by Crippen LogP contribution is -2.51. The van der Waals surface area contributed by atoms with Gasteiger partial charge in [-0.3, -0.25) is 4.90 Å². The van der Waals surface area contributed by atoms with E-state index in [1.807, 2.05) is 0 Å². The molecular weight excluding hydrogens is 232 g/mol. The average Bonchev–Trinajstić information content (AvgIpc) is 2.41. The second-order valence-electron chi connectivity index (χ2n) is 6.35. The predicted molar refractivity (Wildman–Crippen MR) is 85.7 cm³/mol. The Balaban J connectivity index is 2.44. The van der Waals surface area contributed by atoms with Crippen molar-refractivity contribution in [3.8, 4) is 0 Å². The number of nitrogens with zero attached hydrogens (tertiary/aromatic N) is 1. The molecule has 0 spiro atoms. The van der Waals surface area contributed by atoms with Crippen LogP contribution in [0.2, 0.25) is 0 Å². The summed E-state index contributed by atoms with van der Waals surface area (Å²) in [6, 6.07) is 2.36. The van der Waals surface area contributed by atoms with E-state index in [-0.39, 0.29) is 0 Å². The maximum absolute atomic E-state index is 3.71. The summed E-state index contributed by atoms with van der Waals surface area (Å²) in [4.78, 5) is 2.81. The van der Waals surface area contributed by atoms with Gasteiger partial charge in [0.25, 0.3) is 0 Å². The van der Waals surface area contributed by atoms with Crippen molar-refractivity contribution in [1.29, 1.82) is 0 Å². The minimum Gasteiger partial charge on any atom is -0.314 e. The van der Waals surface area contributed by atoms with Crippen molar-refractivity contribution in [1.82, 2.24) is 10.2 Å². The monoisotopic (exact) mass is 268 g/mol. The molecule has 1 fully saturated rings. The molecule has 3 atom stereocenters. The Bertz CT molecular complexity index is 217. The number of rotatable bonds is 9. The molecule has 0 saturated carbocycles. The van der Waals surface area contributed by atoms with Gasteiger partial charge in [0.15, 0.2) is 0 Å². The molecule has 0 aromatic rings. The van der Waals surface area contributed by atoms with Gasteiger partial charge in [0.05, 0.1) is 0 Å².